The van der Waals surface area contributed by atoms with Crippen molar-refractivity contribution in [2.24, 2.45) is 0 Å². The summed E-state index contributed by atoms with van der Waals surface area (Å²) in [4.78, 5) is 10.3. The number of nitrogens with zero attached hydrogens (tertiary/aromatic N) is 4. The number of anilines is 1. The molecule has 0 aliphatic heterocycles. The number of nitrogens with one attached hydrogen (secondary N) is 1. The predicted molar refractivity (Wildman–Crippen MR) is 114 cm³/mol. The van der Waals surface area contributed by atoms with Gasteiger partial charge in [0.1, 0.15) is 0 Å². The van der Waals surface area contributed by atoms with Gasteiger partial charge in [-0.2, -0.15) is 0 Å². The first kappa shape index (κ1) is 19.3. The molecule has 0 saturated heterocycles. The molecule has 140 valence electrons. The summed E-state index contributed by atoms with van der Waals surface area (Å²) in [5, 5.41) is 4.66. The Morgan fingerprint density at radius 3 is 2.70 bits per heavy atom. The van der Waals surface area contributed by atoms with Gasteiger partial charge in [0.25, 0.3) is 0 Å². The molecule has 7 heteroatoms. The second-order valence-corrected chi connectivity index (χ2v) is 7.09. The fourth-order valence-corrected chi connectivity index (χ4v) is 3.33. The Labute approximate surface area is 170 Å². The van der Waals surface area contributed by atoms with E-state index < -0.39 is 0 Å². The lowest BCUT2D eigenvalue weighted by Crippen LogP contribution is -2.35. The molecule has 0 bridgehead atoms. The van der Waals surface area contributed by atoms with E-state index in [1.807, 2.05) is 49.8 Å². The molecule has 0 spiro atoms. The summed E-state index contributed by atoms with van der Waals surface area (Å²) in [6, 6.07) is 9.83. The van der Waals surface area contributed by atoms with E-state index >= 15 is 0 Å². The van der Waals surface area contributed by atoms with Crippen LogP contribution in [0.3, 0.4) is 0 Å². The maximum Gasteiger partial charge on any atom is 0.173 e. The predicted octanol–water partition coefficient (Wildman–Crippen LogP) is 4.53. The number of halogens is 1. The van der Waals surface area contributed by atoms with Gasteiger partial charge in [0.2, 0.25) is 0 Å². The van der Waals surface area contributed by atoms with Crippen LogP contribution in [0.2, 0.25) is 5.02 Å². The van der Waals surface area contributed by atoms with E-state index in [-0.39, 0.29) is 0 Å². The molecule has 2 aromatic heterocycles. The molecule has 27 heavy (non-hydrogen) atoms. The summed E-state index contributed by atoms with van der Waals surface area (Å²) < 4.78 is 2.07. The molecule has 0 aliphatic rings. The average Bonchev–Trinajstić information content (AvgIpc) is 3.18. The summed E-state index contributed by atoms with van der Waals surface area (Å²) in [5.74, 6) is 0. The van der Waals surface area contributed by atoms with Crippen molar-refractivity contribution in [3.05, 3.63) is 77.6 Å². The van der Waals surface area contributed by atoms with Gasteiger partial charge >= 0.3 is 0 Å². The van der Waals surface area contributed by atoms with Gasteiger partial charge in [-0.1, -0.05) is 23.7 Å². The third kappa shape index (κ3) is 5.52. The standard InChI is InChI=1S/C20H22ClN5S/c1-16-4-2-5-18(21)19(16)24-20(27)26(14-17-6-8-22-9-7-17)12-3-11-25-13-10-23-15-25/h2,4-10,13,15H,3,11-12,14H2,1H3,(H,24,27). The molecule has 0 aliphatic carbocycles. The third-order valence-corrected chi connectivity index (χ3v) is 4.94. The van der Waals surface area contributed by atoms with E-state index in [2.05, 4.69) is 24.8 Å². The molecule has 3 rings (SSSR count). The minimum atomic E-state index is 0.661. The Morgan fingerprint density at radius 2 is 2.00 bits per heavy atom. The molecule has 0 unspecified atom stereocenters. The van der Waals surface area contributed by atoms with Crippen molar-refractivity contribution in [3.8, 4) is 0 Å². The van der Waals surface area contributed by atoms with Crippen molar-refractivity contribution in [1.82, 2.24) is 19.4 Å². The average molecular weight is 400 g/mol. The summed E-state index contributed by atoms with van der Waals surface area (Å²) in [5.41, 5.74) is 3.08. The monoisotopic (exact) mass is 399 g/mol. The molecule has 0 saturated carbocycles. The number of para-hydroxylation sites is 1. The molecule has 0 fully saturated rings. The van der Waals surface area contributed by atoms with Crippen molar-refractivity contribution in [2.75, 3.05) is 11.9 Å². The van der Waals surface area contributed by atoms with E-state index in [1.54, 1.807) is 18.6 Å². The second kappa shape index (κ2) is 9.48. The van der Waals surface area contributed by atoms with Crippen LogP contribution in [0.1, 0.15) is 17.5 Å². The highest BCUT2D eigenvalue weighted by Crippen LogP contribution is 2.25. The zero-order valence-corrected chi connectivity index (χ0v) is 16.7. The van der Waals surface area contributed by atoms with Crippen LogP contribution >= 0.6 is 23.8 Å². The van der Waals surface area contributed by atoms with Gasteiger partial charge in [-0.3, -0.25) is 4.98 Å². The quantitative estimate of drug-likeness (QED) is 0.591. The summed E-state index contributed by atoms with van der Waals surface area (Å²) in [6.45, 7) is 4.43. The van der Waals surface area contributed by atoms with Gasteiger partial charge in [0.05, 0.1) is 17.0 Å². The van der Waals surface area contributed by atoms with E-state index in [0.717, 1.165) is 36.3 Å². The number of aryl methyl sites for hydroxylation is 2. The smallest absolute Gasteiger partial charge is 0.173 e. The van der Waals surface area contributed by atoms with Crippen molar-refractivity contribution < 1.29 is 0 Å². The van der Waals surface area contributed by atoms with Crippen LogP contribution < -0.4 is 5.32 Å². The Kier molecular flexibility index (Phi) is 6.79. The summed E-state index contributed by atoms with van der Waals surface area (Å²) in [7, 11) is 0. The molecule has 2 heterocycles. The molecule has 0 atom stereocenters. The molecular formula is C20H22ClN5S. The van der Waals surface area contributed by atoms with Crippen molar-refractivity contribution in [3.63, 3.8) is 0 Å². The lowest BCUT2D eigenvalue weighted by Gasteiger charge is -2.27. The molecule has 0 amide bonds. The first-order valence-electron chi connectivity index (χ1n) is 8.79. The zero-order chi connectivity index (χ0) is 19.1. The van der Waals surface area contributed by atoms with E-state index in [4.69, 9.17) is 23.8 Å². The molecule has 1 aromatic carbocycles. The first-order valence-corrected chi connectivity index (χ1v) is 9.58. The lowest BCUT2D eigenvalue weighted by molar-refractivity contribution is 0.396. The molecule has 3 aromatic rings. The number of benzene rings is 1. The number of hydrogen-bond donors (Lipinski definition) is 1. The highest BCUT2D eigenvalue weighted by molar-refractivity contribution is 7.80. The second-order valence-electron chi connectivity index (χ2n) is 6.29. The van der Waals surface area contributed by atoms with E-state index in [9.17, 15) is 0 Å². The maximum absolute atomic E-state index is 6.35. The molecular weight excluding hydrogens is 378 g/mol. The molecule has 1 N–H and O–H groups in total. The topological polar surface area (TPSA) is 46.0 Å². The molecule has 5 nitrogen and oxygen atoms in total. The lowest BCUT2D eigenvalue weighted by atomic mass is 10.2. The zero-order valence-electron chi connectivity index (χ0n) is 15.2. The number of thiocarbonyl (C=S) groups is 1. The Bertz CT molecular complexity index is 847. The summed E-state index contributed by atoms with van der Waals surface area (Å²) in [6.07, 6.45) is 10.1. The van der Waals surface area contributed by atoms with Gasteiger partial charge in [-0.15, -0.1) is 0 Å². The number of imidazole rings is 1. The highest BCUT2D eigenvalue weighted by Gasteiger charge is 2.13. The van der Waals surface area contributed by atoms with Gasteiger partial charge < -0.3 is 14.8 Å². The van der Waals surface area contributed by atoms with Crippen LogP contribution in [-0.4, -0.2) is 31.1 Å². The minimum Gasteiger partial charge on any atom is -0.345 e. The van der Waals surface area contributed by atoms with Crippen LogP contribution in [0, 0.1) is 6.92 Å². The maximum atomic E-state index is 6.35. The fraction of sp³-hybridized carbons (Fsp3) is 0.250. The van der Waals surface area contributed by atoms with E-state index in [0.29, 0.717) is 16.7 Å². The van der Waals surface area contributed by atoms with Crippen molar-refractivity contribution in [1.29, 1.82) is 0 Å². The third-order valence-electron chi connectivity index (χ3n) is 4.27. The first-order chi connectivity index (χ1) is 13.1. The fourth-order valence-electron chi connectivity index (χ4n) is 2.80. The van der Waals surface area contributed by atoms with E-state index in [1.165, 1.54) is 0 Å². The number of hydrogen-bond acceptors (Lipinski definition) is 3. The van der Waals surface area contributed by atoms with Crippen LogP contribution in [0.5, 0.6) is 0 Å². The van der Waals surface area contributed by atoms with Crippen molar-refractivity contribution in [2.45, 2.75) is 26.4 Å². The highest BCUT2D eigenvalue weighted by atomic mass is 35.5. The van der Waals surface area contributed by atoms with Crippen molar-refractivity contribution >= 4 is 34.6 Å². The van der Waals surface area contributed by atoms with Crippen LogP contribution in [0.15, 0.2) is 61.4 Å². The van der Waals surface area contributed by atoms with Crippen LogP contribution in [0.4, 0.5) is 5.69 Å². The van der Waals surface area contributed by atoms with Gasteiger partial charge in [-0.05, 0) is 54.9 Å². The van der Waals surface area contributed by atoms with Crippen LogP contribution in [-0.2, 0) is 13.1 Å². The van der Waals surface area contributed by atoms with Gasteiger partial charge in [0.15, 0.2) is 5.11 Å². The van der Waals surface area contributed by atoms with Gasteiger partial charge in [-0.25, -0.2) is 4.98 Å². The Balaban J connectivity index is 1.70. The largest absolute Gasteiger partial charge is 0.345 e. The SMILES string of the molecule is Cc1cccc(Cl)c1NC(=S)N(CCCn1ccnc1)Cc1ccncc1. The Morgan fingerprint density at radius 1 is 1.19 bits per heavy atom. The number of aromatic nitrogens is 3. The van der Waals surface area contributed by atoms with Gasteiger partial charge in [0, 0.05) is 44.4 Å². The number of rotatable bonds is 7. The summed E-state index contributed by atoms with van der Waals surface area (Å²) >= 11 is 12.1. The normalized spacial score (nSPS) is 10.6. The molecule has 0 radical (unpaired) electrons. The number of pyridine rings is 1. The van der Waals surface area contributed by atoms with Crippen LogP contribution in [0.25, 0.3) is 0 Å². The minimum absolute atomic E-state index is 0.661. The Hall–Kier alpha value is -2.44.